The lowest BCUT2D eigenvalue weighted by Crippen LogP contribution is -2.59. The van der Waals surface area contributed by atoms with E-state index in [-0.39, 0.29) is 6.04 Å². The maximum Gasteiger partial charge on any atom is 0.169 e. The molecule has 112 valence electrons. The van der Waals surface area contributed by atoms with Gasteiger partial charge < -0.3 is 10.2 Å². The molecule has 0 spiro atoms. The lowest BCUT2D eigenvalue weighted by Gasteiger charge is -2.49. The van der Waals surface area contributed by atoms with Crippen molar-refractivity contribution in [2.75, 3.05) is 26.2 Å². The molecule has 2 aliphatic rings. The van der Waals surface area contributed by atoms with Crippen molar-refractivity contribution in [1.29, 1.82) is 0 Å². The number of piperazine rings is 1. The van der Waals surface area contributed by atoms with Gasteiger partial charge in [-0.25, -0.2) is 0 Å². The van der Waals surface area contributed by atoms with E-state index in [0.717, 1.165) is 23.5 Å². The van der Waals surface area contributed by atoms with Gasteiger partial charge in [-0.1, -0.05) is 6.42 Å². The van der Waals surface area contributed by atoms with E-state index in [9.17, 15) is 0 Å². The first-order valence-electron chi connectivity index (χ1n) is 7.64. The average molecular weight is 342 g/mol. The summed E-state index contributed by atoms with van der Waals surface area (Å²) in [5.41, 5.74) is 6.04. The zero-order valence-corrected chi connectivity index (χ0v) is 13.7. The van der Waals surface area contributed by atoms with Crippen LogP contribution in [0.1, 0.15) is 38.0 Å². The van der Waals surface area contributed by atoms with Gasteiger partial charge in [-0.3, -0.25) is 9.80 Å². The van der Waals surface area contributed by atoms with E-state index >= 15 is 0 Å². The molecule has 1 aromatic heterocycles. The number of rotatable bonds is 3. The molecule has 3 rings (SSSR count). The zero-order valence-electron chi connectivity index (χ0n) is 12.1. The Morgan fingerprint density at radius 2 is 2.25 bits per heavy atom. The minimum absolute atomic E-state index is 0.195. The van der Waals surface area contributed by atoms with Crippen LogP contribution in [0.3, 0.4) is 0 Å². The molecule has 0 aromatic carbocycles. The Hall–Kier alpha value is -0.360. The second-order valence-corrected chi connectivity index (χ2v) is 6.87. The average Bonchev–Trinajstić information content (AvgIpc) is 2.86. The van der Waals surface area contributed by atoms with Crippen LogP contribution in [0.25, 0.3) is 0 Å². The third-order valence-electron chi connectivity index (χ3n) is 4.78. The highest BCUT2D eigenvalue weighted by atomic mass is 79.9. The van der Waals surface area contributed by atoms with E-state index in [0.29, 0.717) is 18.6 Å². The molecule has 2 fully saturated rings. The van der Waals surface area contributed by atoms with Gasteiger partial charge in [-0.05, 0) is 54.4 Å². The molecule has 0 amide bonds. The van der Waals surface area contributed by atoms with Crippen molar-refractivity contribution in [3.63, 3.8) is 0 Å². The lowest BCUT2D eigenvalue weighted by atomic mass is 9.95. The second kappa shape index (κ2) is 6.18. The Balaban J connectivity index is 1.77. The SMILES string of the molecule is CC1CN2CCCCC2CN1C(CN)c1ccc(Br)o1. The van der Waals surface area contributed by atoms with Crippen LogP contribution in [-0.2, 0) is 0 Å². The molecule has 0 aliphatic carbocycles. The first-order valence-corrected chi connectivity index (χ1v) is 8.43. The Bertz CT molecular complexity index is 450. The zero-order chi connectivity index (χ0) is 14.1. The highest BCUT2D eigenvalue weighted by Crippen LogP contribution is 2.31. The Morgan fingerprint density at radius 3 is 2.95 bits per heavy atom. The van der Waals surface area contributed by atoms with Gasteiger partial charge in [0.1, 0.15) is 5.76 Å². The van der Waals surface area contributed by atoms with Gasteiger partial charge >= 0.3 is 0 Å². The smallest absolute Gasteiger partial charge is 0.169 e. The molecular weight excluding hydrogens is 318 g/mol. The number of hydrogen-bond donors (Lipinski definition) is 1. The van der Waals surface area contributed by atoms with Crippen LogP contribution in [0.4, 0.5) is 0 Å². The number of nitrogens with zero attached hydrogens (tertiary/aromatic N) is 2. The Morgan fingerprint density at radius 1 is 1.40 bits per heavy atom. The molecule has 3 atom stereocenters. The number of fused-ring (bicyclic) bond motifs is 1. The van der Waals surface area contributed by atoms with Gasteiger partial charge in [0.2, 0.25) is 0 Å². The monoisotopic (exact) mass is 341 g/mol. The number of halogens is 1. The number of furan rings is 1. The van der Waals surface area contributed by atoms with Gasteiger partial charge in [0, 0.05) is 31.7 Å². The third kappa shape index (κ3) is 2.82. The van der Waals surface area contributed by atoms with Gasteiger partial charge in [0.25, 0.3) is 0 Å². The first-order chi connectivity index (χ1) is 9.69. The molecule has 20 heavy (non-hydrogen) atoms. The van der Waals surface area contributed by atoms with Crippen molar-refractivity contribution in [3.05, 3.63) is 22.6 Å². The van der Waals surface area contributed by atoms with E-state index in [4.69, 9.17) is 10.2 Å². The van der Waals surface area contributed by atoms with Crippen molar-refractivity contribution in [3.8, 4) is 0 Å². The maximum atomic E-state index is 6.04. The fourth-order valence-corrected chi connectivity index (χ4v) is 4.05. The highest BCUT2D eigenvalue weighted by molar-refractivity contribution is 9.10. The van der Waals surface area contributed by atoms with Crippen LogP contribution >= 0.6 is 15.9 Å². The first kappa shape index (κ1) is 14.6. The lowest BCUT2D eigenvalue weighted by molar-refractivity contribution is -0.0112. The summed E-state index contributed by atoms with van der Waals surface area (Å²) >= 11 is 3.39. The molecule has 0 saturated carbocycles. The van der Waals surface area contributed by atoms with E-state index in [1.807, 2.05) is 12.1 Å². The molecule has 4 nitrogen and oxygen atoms in total. The molecule has 2 N–H and O–H groups in total. The van der Waals surface area contributed by atoms with Gasteiger partial charge in [0.15, 0.2) is 4.67 Å². The molecule has 2 aliphatic heterocycles. The van der Waals surface area contributed by atoms with Crippen LogP contribution in [-0.4, -0.2) is 48.1 Å². The van der Waals surface area contributed by atoms with Crippen LogP contribution in [0.2, 0.25) is 0 Å². The molecule has 0 radical (unpaired) electrons. The standard InChI is InChI=1S/C15H24BrN3O/c1-11-9-18-7-3-2-4-12(18)10-19(11)13(8-17)14-5-6-15(16)20-14/h5-6,11-13H,2-4,7-10,17H2,1H3. The Labute approximate surface area is 129 Å². The summed E-state index contributed by atoms with van der Waals surface area (Å²) in [7, 11) is 0. The van der Waals surface area contributed by atoms with Crippen molar-refractivity contribution in [2.24, 2.45) is 5.73 Å². The third-order valence-corrected chi connectivity index (χ3v) is 5.21. The molecule has 0 bridgehead atoms. The summed E-state index contributed by atoms with van der Waals surface area (Å²) in [5.74, 6) is 0.982. The molecule has 2 saturated heterocycles. The summed E-state index contributed by atoms with van der Waals surface area (Å²) in [4.78, 5) is 5.20. The summed E-state index contributed by atoms with van der Waals surface area (Å²) in [6.45, 7) is 6.45. The van der Waals surface area contributed by atoms with E-state index in [2.05, 4.69) is 32.7 Å². The van der Waals surface area contributed by atoms with Crippen molar-refractivity contribution < 1.29 is 4.42 Å². The molecule has 3 unspecified atom stereocenters. The predicted molar refractivity (Wildman–Crippen MR) is 83.6 cm³/mol. The van der Waals surface area contributed by atoms with Crippen LogP contribution < -0.4 is 5.73 Å². The van der Waals surface area contributed by atoms with Gasteiger partial charge in [-0.15, -0.1) is 0 Å². The summed E-state index contributed by atoms with van der Waals surface area (Å²) in [5, 5.41) is 0. The van der Waals surface area contributed by atoms with Crippen molar-refractivity contribution >= 4 is 15.9 Å². The summed E-state index contributed by atoms with van der Waals surface area (Å²) < 4.78 is 6.54. The predicted octanol–water partition coefficient (Wildman–Crippen LogP) is 2.60. The normalized spacial score (nSPS) is 30.1. The summed E-state index contributed by atoms with van der Waals surface area (Å²) in [6.07, 6.45) is 4.04. The molecular formula is C15H24BrN3O. The number of piperidine rings is 1. The largest absolute Gasteiger partial charge is 0.453 e. The van der Waals surface area contributed by atoms with Crippen LogP contribution in [0.15, 0.2) is 21.2 Å². The van der Waals surface area contributed by atoms with Crippen molar-refractivity contribution in [1.82, 2.24) is 9.80 Å². The second-order valence-electron chi connectivity index (χ2n) is 6.08. The van der Waals surface area contributed by atoms with E-state index in [1.165, 1.54) is 25.8 Å². The van der Waals surface area contributed by atoms with Gasteiger partial charge in [-0.2, -0.15) is 0 Å². The highest BCUT2D eigenvalue weighted by Gasteiger charge is 2.37. The molecule has 1 aromatic rings. The van der Waals surface area contributed by atoms with Gasteiger partial charge in [0.05, 0.1) is 6.04 Å². The van der Waals surface area contributed by atoms with Crippen LogP contribution in [0.5, 0.6) is 0 Å². The van der Waals surface area contributed by atoms with Crippen molar-refractivity contribution in [2.45, 2.75) is 44.3 Å². The maximum absolute atomic E-state index is 6.04. The van der Waals surface area contributed by atoms with E-state index < -0.39 is 0 Å². The Kier molecular flexibility index (Phi) is 4.50. The topological polar surface area (TPSA) is 45.6 Å². The van der Waals surface area contributed by atoms with Crippen LogP contribution in [0, 0.1) is 0 Å². The van der Waals surface area contributed by atoms with E-state index in [1.54, 1.807) is 0 Å². The minimum Gasteiger partial charge on any atom is -0.453 e. The number of nitrogens with two attached hydrogens (primary N) is 1. The fourth-order valence-electron chi connectivity index (χ4n) is 3.73. The summed E-state index contributed by atoms with van der Waals surface area (Å²) in [6, 6.07) is 5.43. The number of hydrogen-bond acceptors (Lipinski definition) is 4. The molecule has 5 heteroatoms. The minimum atomic E-state index is 0.195. The quantitative estimate of drug-likeness (QED) is 0.917. The molecule has 3 heterocycles. The fraction of sp³-hybridized carbons (Fsp3) is 0.733.